The third kappa shape index (κ3) is 4.12. The fraction of sp³-hybridized carbons (Fsp3) is 0.308. The van der Waals surface area contributed by atoms with Gasteiger partial charge in [0.2, 0.25) is 5.78 Å². The summed E-state index contributed by atoms with van der Waals surface area (Å²) in [6, 6.07) is 13.9. The van der Waals surface area contributed by atoms with E-state index in [0.29, 0.717) is 23.9 Å². The van der Waals surface area contributed by atoms with Crippen LogP contribution in [-0.4, -0.2) is 29.6 Å². The number of hydrogen-bond donors (Lipinski definition) is 0. The molecule has 3 aromatic rings. The molecule has 1 aliphatic rings. The second-order valence-corrected chi connectivity index (χ2v) is 8.45. The van der Waals surface area contributed by atoms with Crippen molar-refractivity contribution in [3.8, 4) is 11.3 Å². The van der Waals surface area contributed by atoms with Gasteiger partial charge in [0.05, 0.1) is 12.6 Å². The molecule has 1 aromatic heterocycles. The van der Waals surface area contributed by atoms with E-state index in [1.165, 1.54) is 4.90 Å². The fourth-order valence-electron chi connectivity index (χ4n) is 4.31. The van der Waals surface area contributed by atoms with Crippen LogP contribution in [0.4, 0.5) is 5.69 Å². The van der Waals surface area contributed by atoms with Crippen LogP contribution in [0, 0.1) is 18.8 Å². The maximum atomic E-state index is 13.2. The van der Waals surface area contributed by atoms with Crippen molar-refractivity contribution in [2.75, 3.05) is 12.0 Å². The number of ether oxygens (including phenoxy) is 1. The lowest BCUT2D eigenvalue weighted by Crippen LogP contribution is -2.32. The normalized spacial score (nSPS) is 18.4. The van der Waals surface area contributed by atoms with Gasteiger partial charge in [-0.05, 0) is 23.3 Å². The van der Waals surface area contributed by atoms with Gasteiger partial charge in [-0.2, -0.15) is 0 Å². The molecule has 1 aliphatic heterocycles. The van der Waals surface area contributed by atoms with Crippen molar-refractivity contribution >= 4 is 23.2 Å². The van der Waals surface area contributed by atoms with Crippen molar-refractivity contribution in [3.63, 3.8) is 0 Å². The second kappa shape index (κ2) is 9.11. The van der Waals surface area contributed by atoms with Crippen molar-refractivity contribution in [2.45, 2.75) is 33.4 Å². The number of oxazole rings is 1. The van der Waals surface area contributed by atoms with Crippen LogP contribution in [0.15, 0.2) is 59.2 Å². The molecule has 4 rings (SSSR count). The monoisotopic (exact) mass is 446 g/mol. The highest BCUT2D eigenvalue weighted by Crippen LogP contribution is 2.42. The van der Waals surface area contributed by atoms with Crippen LogP contribution in [0.3, 0.4) is 0 Å². The molecular formula is C26H26N2O5. The summed E-state index contributed by atoms with van der Waals surface area (Å²) in [5.41, 5.74) is 3.59. The molecule has 0 spiro atoms. The predicted molar refractivity (Wildman–Crippen MR) is 122 cm³/mol. The van der Waals surface area contributed by atoms with Crippen molar-refractivity contribution in [3.05, 3.63) is 71.8 Å². The maximum absolute atomic E-state index is 13.2. The Hall–Kier alpha value is -3.58. The summed E-state index contributed by atoms with van der Waals surface area (Å²) in [7, 11) is 1.58. The lowest BCUT2D eigenvalue weighted by atomic mass is 9.83. The van der Waals surface area contributed by atoms with Gasteiger partial charge in [-0.3, -0.25) is 19.3 Å². The van der Waals surface area contributed by atoms with E-state index in [0.717, 1.165) is 16.7 Å². The Morgan fingerprint density at radius 1 is 1.12 bits per heavy atom. The van der Waals surface area contributed by atoms with Crippen molar-refractivity contribution in [1.29, 1.82) is 0 Å². The van der Waals surface area contributed by atoms with Crippen molar-refractivity contribution in [1.82, 2.24) is 4.98 Å². The van der Waals surface area contributed by atoms with Gasteiger partial charge in [0.25, 0.3) is 5.91 Å². The highest BCUT2D eigenvalue weighted by Gasteiger charge is 2.52. The van der Waals surface area contributed by atoms with Crippen LogP contribution in [0.25, 0.3) is 11.3 Å². The molecule has 1 fully saturated rings. The average molecular weight is 447 g/mol. The van der Waals surface area contributed by atoms with E-state index < -0.39 is 23.7 Å². The Morgan fingerprint density at radius 3 is 2.42 bits per heavy atom. The van der Waals surface area contributed by atoms with Gasteiger partial charge in [0.15, 0.2) is 5.89 Å². The zero-order chi connectivity index (χ0) is 23.7. The molecule has 2 aromatic carbocycles. The number of anilines is 1. The van der Waals surface area contributed by atoms with Gasteiger partial charge < -0.3 is 9.15 Å². The summed E-state index contributed by atoms with van der Waals surface area (Å²) in [5, 5.41) is 0. The molecule has 33 heavy (non-hydrogen) atoms. The number of Topliss-reactive ketones (excluding diaryl/α,β-unsaturated/α-hetero) is 2. The van der Waals surface area contributed by atoms with Crippen LogP contribution in [0.1, 0.15) is 36.9 Å². The zero-order valence-electron chi connectivity index (χ0n) is 19.1. The summed E-state index contributed by atoms with van der Waals surface area (Å²) in [6.45, 7) is 5.56. The topological polar surface area (TPSA) is 89.7 Å². The van der Waals surface area contributed by atoms with Gasteiger partial charge >= 0.3 is 0 Å². The van der Waals surface area contributed by atoms with E-state index in [2.05, 4.69) is 4.98 Å². The second-order valence-electron chi connectivity index (χ2n) is 8.45. The van der Waals surface area contributed by atoms with E-state index in [4.69, 9.17) is 9.15 Å². The molecule has 0 N–H and O–H groups in total. The summed E-state index contributed by atoms with van der Waals surface area (Å²) >= 11 is 0. The Bertz CT molecular complexity index is 1200. The minimum absolute atomic E-state index is 0.247. The molecule has 0 bridgehead atoms. The van der Waals surface area contributed by atoms with Gasteiger partial charge in [0.1, 0.15) is 23.7 Å². The Balaban J connectivity index is 1.82. The van der Waals surface area contributed by atoms with Crippen LogP contribution in [0.5, 0.6) is 0 Å². The van der Waals surface area contributed by atoms with Crippen LogP contribution < -0.4 is 4.90 Å². The molecule has 2 heterocycles. The van der Waals surface area contributed by atoms with Crippen LogP contribution >= 0.6 is 0 Å². The lowest BCUT2D eigenvalue weighted by molar-refractivity contribution is -0.139. The first kappa shape index (κ1) is 22.6. The number of hydrogen-bond acceptors (Lipinski definition) is 6. The Kier molecular flexibility index (Phi) is 6.24. The van der Waals surface area contributed by atoms with Crippen molar-refractivity contribution < 1.29 is 23.5 Å². The summed E-state index contributed by atoms with van der Waals surface area (Å²) in [6.07, 6.45) is 1.57. The molecular weight excluding hydrogens is 420 g/mol. The first-order valence-electron chi connectivity index (χ1n) is 10.8. The standard InChI is InChI=1S/C26H26N2O5/c1-15(2)24(29)22-23(20-8-6-5-7-18(20)13-32-4)28(26(31)25(22)30)19-11-9-17(10-12-19)21-14-33-16(3)27-21/h5-12,14-15,22-23H,13H2,1-4H3. The number of rotatable bonds is 7. The van der Waals surface area contributed by atoms with E-state index in [1.54, 1.807) is 46.3 Å². The predicted octanol–water partition coefficient (Wildman–Crippen LogP) is 4.29. The quantitative estimate of drug-likeness (QED) is 0.397. The summed E-state index contributed by atoms with van der Waals surface area (Å²) < 4.78 is 10.6. The molecule has 7 heteroatoms. The number of aromatic nitrogens is 1. The first-order valence-corrected chi connectivity index (χ1v) is 10.8. The number of benzene rings is 2. The molecule has 0 radical (unpaired) electrons. The third-order valence-corrected chi connectivity index (χ3v) is 5.92. The SMILES string of the molecule is COCc1ccccc1C1C(C(=O)C(C)C)C(=O)C(=O)N1c1ccc(-c2coc(C)n2)cc1. The maximum Gasteiger partial charge on any atom is 0.295 e. The molecule has 2 atom stereocenters. The largest absolute Gasteiger partial charge is 0.449 e. The first-order chi connectivity index (χ1) is 15.8. The molecule has 170 valence electrons. The highest BCUT2D eigenvalue weighted by molar-refractivity contribution is 6.48. The molecule has 0 saturated carbocycles. The number of methoxy groups -OCH3 is 1. The smallest absolute Gasteiger partial charge is 0.295 e. The number of aryl methyl sites for hydroxylation is 1. The number of ketones is 2. The molecule has 2 unspecified atom stereocenters. The Labute approximate surface area is 192 Å². The highest BCUT2D eigenvalue weighted by atomic mass is 16.5. The van der Waals surface area contributed by atoms with Gasteiger partial charge in [-0.25, -0.2) is 4.98 Å². The number of carbonyl (C=O) groups excluding carboxylic acids is 3. The summed E-state index contributed by atoms with van der Waals surface area (Å²) in [4.78, 5) is 45.2. The van der Waals surface area contributed by atoms with Gasteiger partial charge in [-0.1, -0.05) is 50.2 Å². The van der Waals surface area contributed by atoms with Gasteiger partial charge in [0, 0.05) is 31.2 Å². The molecule has 1 saturated heterocycles. The zero-order valence-corrected chi connectivity index (χ0v) is 19.1. The average Bonchev–Trinajstić information content (AvgIpc) is 3.35. The molecule has 7 nitrogen and oxygen atoms in total. The fourth-order valence-corrected chi connectivity index (χ4v) is 4.31. The summed E-state index contributed by atoms with van der Waals surface area (Å²) in [5.74, 6) is -2.52. The van der Waals surface area contributed by atoms with Crippen molar-refractivity contribution in [2.24, 2.45) is 11.8 Å². The van der Waals surface area contributed by atoms with E-state index >= 15 is 0 Å². The van der Waals surface area contributed by atoms with E-state index in [1.807, 2.05) is 36.4 Å². The number of carbonyl (C=O) groups is 3. The van der Waals surface area contributed by atoms with E-state index in [-0.39, 0.29) is 11.7 Å². The molecule has 1 amide bonds. The van der Waals surface area contributed by atoms with E-state index in [9.17, 15) is 14.4 Å². The van der Waals surface area contributed by atoms with Crippen LogP contribution in [0.2, 0.25) is 0 Å². The van der Waals surface area contributed by atoms with Crippen LogP contribution in [-0.2, 0) is 25.7 Å². The number of amides is 1. The lowest BCUT2D eigenvalue weighted by Gasteiger charge is -2.29. The van der Waals surface area contributed by atoms with Gasteiger partial charge in [-0.15, -0.1) is 0 Å². The minimum Gasteiger partial charge on any atom is -0.449 e. The number of nitrogens with zero attached hydrogens (tertiary/aromatic N) is 2. The Morgan fingerprint density at radius 2 is 1.82 bits per heavy atom. The molecule has 0 aliphatic carbocycles. The minimum atomic E-state index is -1.08. The third-order valence-electron chi connectivity index (χ3n) is 5.92.